The van der Waals surface area contributed by atoms with Gasteiger partial charge in [-0.3, -0.25) is 0 Å². The minimum atomic E-state index is -0.899. The van der Waals surface area contributed by atoms with Gasteiger partial charge in [0.15, 0.2) is 0 Å². The highest BCUT2D eigenvalue weighted by atomic mass is 19.1. The summed E-state index contributed by atoms with van der Waals surface area (Å²) in [5.41, 5.74) is 0.153. The Labute approximate surface area is 106 Å². The zero-order chi connectivity index (χ0) is 13.6. The summed E-state index contributed by atoms with van der Waals surface area (Å²) in [5.74, 6) is 0.413. The molecule has 1 aromatic carbocycles. The maximum absolute atomic E-state index is 12.1. The zero-order valence-electron chi connectivity index (χ0n) is 10.8. The molecule has 5 heteroatoms. The Balaban J connectivity index is 2.55. The molecule has 0 radical (unpaired) electrons. The molecule has 0 saturated heterocycles. The van der Waals surface area contributed by atoms with E-state index in [0.717, 1.165) is 0 Å². The standard InChI is InChI=1S/C13H18FNO3/c1-13(2,3)18-12(16)15-8-10-6-4-5-7-11(10)17-9-14/h4-7H,8-9H2,1-3H3,(H,15,16). The summed E-state index contributed by atoms with van der Waals surface area (Å²) in [7, 11) is 0. The average Bonchev–Trinajstić information content (AvgIpc) is 2.26. The van der Waals surface area contributed by atoms with Crippen molar-refractivity contribution in [3.05, 3.63) is 29.8 Å². The van der Waals surface area contributed by atoms with E-state index in [4.69, 9.17) is 9.47 Å². The van der Waals surface area contributed by atoms with E-state index in [1.807, 2.05) is 0 Å². The normalized spacial score (nSPS) is 10.9. The van der Waals surface area contributed by atoms with Crippen molar-refractivity contribution < 1.29 is 18.7 Å². The SMILES string of the molecule is CC(C)(C)OC(=O)NCc1ccccc1OCF. The second kappa shape index (κ2) is 6.23. The van der Waals surface area contributed by atoms with Crippen LogP contribution in [0.4, 0.5) is 9.18 Å². The maximum atomic E-state index is 12.1. The molecule has 0 bridgehead atoms. The van der Waals surface area contributed by atoms with Gasteiger partial charge in [-0.15, -0.1) is 0 Å². The van der Waals surface area contributed by atoms with E-state index in [2.05, 4.69) is 5.32 Å². The highest BCUT2D eigenvalue weighted by Gasteiger charge is 2.16. The van der Waals surface area contributed by atoms with Crippen LogP contribution in [0, 0.1) is 0 Å². The third-order valence-electron chi connectivity index (χ3n) is 2.00. The van der Waals surface area contributed by atoms with Crippen LogP contribution < -0.4 is 10.1 Å². The predicted octanol–water partition coefficient (Wildman–Crippen LogP) is 3.02. The molecular weight excluding hydrogens is 237 g/mol. The lowest BCUT2D eigenvalue weighted by molar-refractivity contribution is 0.0523. The Morgan fingerprint density at radius 3 is 2.61 bits per heavy atom. The number of nitrogens with one attached hydrogen (secondary N) is 1. The fourth-order valence-electron chi connectivity index (χ4n) is 1.33. The number of hydrogen-bond acceptors (Lipinski definition) is 3. The van der Waals surface area contributed by atoms with Crippen LogP contribution in [0.1, 0.15) is 26.3 Å². The van der Waals surface area contributed by atoms with Crippen LogP contribution in [0.15, 0.2) is 24.3 Å². The quantitative estimate of drug-likeness (QED) is 0.899. The van der Waals surface area contributed by atoms with Gasteiger partial charge in [0.05, 0.1) is 0 Å². The molecule has 0 fully saturated rings. The Bertz CT molecular complexity index is 401. The van der Waals surface area contributed by atoms with Crippen LogP contribution in [0.2, 0.25) is 0 Å². The summed E-state index contributed by atoms with van der Waals surface area (Å²) in [4.78, 5) is 11.5. The van der Waals surface area contributed by atoms with Gasteiger partial charge in [-0.2, -0.15) is 0 Å². The Morgan fingerprint density at radius 1 is 1.33 bits per heavy atom. The second-order valence-electron chi connectivity index (χ2n) is 4.72. The minimum absolute atomic E-state index is 0.227. The molecule has 0 aromatic heterocycles. The van der Waals surface area contributed by atoms with Crippen molar-refractivity contribution in [2.45, 2.75) is 32.9 Å². The van der Waals surface area contributed by atoms with Crippen LogP contribution in [-0.2, 0) is 11.3 Å². The van der Waals surface area contributed by atoms with Crippen LogP contribution in [0.3, 0.4) is 0 Å². The van der Waals surface area contributed by atoms with E-state index >= 15 is 0 Å². The average molecular weight is 255 g/mol. The van der Waals surface area contributed by atoms with E-state index in [0.29, 0.717) is 11.3 Å². The van der Waals surface area contributed by atoms with Crippen molar-refractivity contribution in [3.8, 4) is 5.75 Å². The number of alkyl halides is 1. The smallest absolute Gasteiger partial charge is 0.407 e. The lowest BCUT2D eigenvalue weighted by atomic mass is 10.2. The van der Waals surface area contributed by atoms with Gasteiger partial charge < -0.3 is 14.8 Å². The Hall–Kier alpha value is -1.78. The fourth-order valence-corrected chi connectivity index (χ4v) is 1.33. The molecule has 0 saturated carbocycles. The number of carbonyl (C=O) groups excluding carboxylic acids is 1. The first kappa shape index (κ1) is 14.3. The topological polar surface area (TPSA) is 47.6 Å². The molecular formula is C13H18FNO3. The monoisotopic (exact) mass is 255 g/mol. The van der Waals surface area contributed by atoms with Gasteiger partial charge in [0, 0.05) is 12.1 Å². The molecule has 0 aliphatic rings. The van der Waals surface area contributed by atoms with Crippen LogP contribution in [-0.4, -0.2) is 18.6 Å². The summed E-state index contributed by atoms with van der Waals surface area (Å²) in [6, 6.07) is 6.92. The summed E-state index contributed by atoms with van der Waals surface area (Å²) in [6.45, 7) is 4.68. The first-order valence-corrected chi connectivity index (χ1v) is 5.66. The number of alkyl carbamates (subject to hydrolysis) is 1. The van der Waals surface area contributed by atoms with Gasteiger partial charge in [0.1, 0.15) is 11.4 Å². The van der Waals surface area contributed by atoms with E-state index in [1.54, 1.807) is 45.0 Å². The van der Waals surface area contributed by atoms with Crippen molar-refractivity contribution in [1.82, 2.24) is 5.32 Å². The van der Waals surface area contributed by atoms with Gasteiger partial charge in [-0.25, -0.2) is 9.18 Å². The number of ether oxygens (including phenoxy) is 2. The minimum Gasteiger partial charge on any atom is -0.463 e. The molecule has 18 heavy (non-hydrogen) atoms. The van der Waals surface area contributed by atoms with Crippen molar-refractivity contribution in [1.29, 1.82) is 0 Å². The molecule has 1 rings (SSSR count). The zero-order valence-corrected chi connectivity index (χ0v) is 10.8. The lowest BCUT2D eigenvalue weighted by Crippen LogP contribution is -2.32. The van der Waals surface area contributed by atoms with Gasteiger partial charge in [0.25, 0.3) is 0 Å². The van der Waals surface area contributed by atoms with Gasteiger partial charge in [-0.05, 0) is 26.8 Å². The fraction of sp³-hybridized carbons (Fsp3) is 0.462. The first-order valence-electron chi connectivity index (χ1n) is 5.66. The molecule has 1 amide bonds. The number of carbonyl (C=O) groups is 1. The largest absolute Gasteiger partial charge is 0.463 e. The predicted molar refractivity (Wildman–Crippen MR) is 66.1 cm³/mol. The lowest BCUT2D eigenvalue weighted by Gasteiger charge is -2.20. The number of rotatable bonds is 4. The van der Waals surface area contributed by atoms with E-state index in [-0.39, 0.29) is 6.54 Å². The molecule has 0 atom stereocenters. The molecule has 4 nitrogen and oxygen atoms in total. The van der Waals surface area contributed by atoms with Gasteiger partial charge in [-0.1, -0.05) is 18.2 Å². The van der Waals surface area contributed by atoms with Crippen molar-refractivity contribution >= 4 is 6.09 Å². The van der Waals surface area contributed by atoms with Crippen molar-refractivity contribution in [2.75, 3.05) is 6.86 Å². The van der Waals surface area contributed by atoms with Crippen LogP contribution >= 0.6 is 0 Å². The van der Waals surface area contributed by atoms with Crippen molar-refractivity contribution in [2.24, 2.45) is 0 Å². The summed E-state index contributed by atoms with van der Waals surface area (Å²) in [6.07, 6.45) is -0.516. The summed E-state index contributed by atoms with van der Waals surface area (Å²) < 4.78 is 22.1. The molecule has 0 unspecified atom stereocenters. The van der Waals surface area contributed by atoms with E-state index in [1.165, 1.54) is 0 Å². The Kier molecular flexibility index (Phi) is 4.95. The number of benzene rings is 1. The highest BCUT2D eigenvalue weighted by Crippen LogP contribution is 2.17. The number of hydrogen-bond donors (Lipinski definition) is 1. The number of amides is 1. The maximum Gasteiger partial charge on any atom is 0.407 e. The summed E-state index contributed by atoms with van der Waals surface area (Å²) in [5, 5.41) is 2.59. The molecule has 0 aliphatic carbocycles. The van der Waals surface area contributed by atoms with Crippen LogP contribution in [0.25, 0.3) is 0 Å². The molecule has 1 aromatic rings. The van der Waals surface area contributed by atoms with E-state index in [9.17, 15) is 9.18 Å². The molecule has 0 aliphatic heterocycles. The molecule has 1 N–H and O–H groups in total. The third kappa shape index (κ3) is 5.03. The summed E-state index contributed by atoms with van der Waals surface area (Å²) >= 11 is 0. The number of para-hydroxylation sites is 1. The van der Waals surface area contributed by atoms with E-state index < -0.39 is 18.6 Å². The van der Waals surface area contributed by atoms with Crippen LogP contribution in [0.5, 0.6) is 5.75 Å². The van der Waals surface area contributed by atoms with Crippen molar-refractivity contribution in [3.63, 3.8) is 0 Å². The molecule has 100 valence electrons. The highest BCUT2D eigenvalue weighted by molar-refractivity contribution is 5.67. The second-order valence-corrected chi connectivity index (χ2v) is 4.72. The molecule has 0 heterocycles. The van der Waals surface area contributed by atoms with Gasteiger partial charge in [0.2, 0.25) is 6.86 Å². The third-order valence-corrected chi connectivity index (χ3v) is 2.00. The molecule has 0 spiro atoms. The number of halogens is 1. The first-order chi connectivity index (χ1) is 8.42. The Morgan fingerprint density at radius 2 is 2.00 bits per heavy atom. The van der Waals surface area contributed by atoms with Gasteiger partial charge >= 0.3 is 6.09 Å².